The highest BCUT2D eigenvalue weighted by Gasteiger charge is 2.40. The van der Waals surface area contributed by atoms with Crippen LogP contribution in [0.25, 0.3) is 10.8 Å². The number of rotatable bonds is 3. The molecule has 2 aromatic carbocycles. The molecule has 1 fully saturated rings. The fraction of sp³-hybridized carbons (Fsp3) is 0.421. The summed E-state index contributed by atoms with van der Waals surface area (Å²) >= 11 is 0. The first-order chi connectivity index (χ1) is 10.1. The van der Waals surface area contributed by atoms with Crippen LogP contribution in [0.5, 0.6) is 0 Å². The lowest BCUT2D eigenvalue weighted by Gasteiger charge is -2.17. The molecule has 2 nitrogen and oxygen atoms in total. The molecule has 4 unspecified atom stereocenters. The summed E-state index contributed by atoms with van der Waals surface area (Å²) in [6.07, 6.45) is 0.703. The first-order valence-corrected chi connectivity index (χ1v) is 7.72. The first kappa shape index (κ1) is 14.3. The Balaban J connectivity index is 1.80. The zero-order valence-electron chi connectivity index (χ0n) is 12.9. The quantitative estimate of drug-likeness (QED) is 0.850. The number of hydrogen-bond acceptors (Lipinski definition) is 2. The van der Waals surface area contributed by atoms with Gasteiger partial charge in [0.05, 0.1) is 12.2 Å². The van der Waals surface area contributed by atoms with Crippen molar-refractivity contribution >= 4 is 16.6 Å². The van der Waals surface area contributed by atoms with E-state index in [0.717, 1.165) is 5.56 Å². The summed E-state index contributed by atoms with van der Waals surface area (Å²) in [7, 11) is 0. The van der Waals surface area contributed by atoms with E-state index in [1.807, 2.05) is 19.1 Å². The summed E-state index contributed by atoms with van der Waals surface area (Å²) in [5, 5.41) is 2.41. The van der Waals surface area contributed by atoms with Crippen LogP contribution < -0.4 is 0 Å². The highest BCUT2D eigenvalue weighted by Crippen LogP contribution is 2.33. The smallest absolute Gasteiger partial charge is 0.143 e. The zero-order chi connectivity index (χ0) is 15.0. The lowest BCUT2D eigenvalue weighted by atomic mass is 9.84. The van der Waals surface area contributed by atoms with E-state index in [1.165, 1.54) is 10.8 Å². The minimum absolute atomic E-state index is 0.0199. The molecule has 110 valence electrons. The maximum atomic E-state index is 12.6. The molecule has 0 radical (unpaired) electrons. The van der Waals surface area contributed by atoms with Crippen molar-refractivity contribution in [2.45, 2.75) is 39.4 Å². The van der Waals surface area contributed by atoms with E-state index < -0.39 is 0 Å². The Morgan fingerprint density at radius 3 is 2.38 bits per heavy atom. The Morgan fingerprint density at radius 2 is 1.71 bits per heavy atom. The van der Waals surface area contributed by atoms with Crippen LogP contribution in [0, 0.1) is 11.8 Å². The van der Waals surface area contributed by atoms with E-state index in [4.69, 9.17) is 4.74 Å². The van der Waals surface area contributed by atoms with Gasteiger partial charge < -0.3 is 4.74 Å². The van der Waals surface area contributed by atoms with Gasteiger partial charge in [-0.1, -0.05) is 49.4 Å². The van der Waals surface area contributed by atoms with Crippen LogP contribution in [0.3, 0.4) is 0 Å². The molecule has 1 heterocycles. The third-order valence-electron chi connectivity index (χ3n) is 4.81. The normalized spacial score (nSPS) is 28.9. The average Bonchev–Trinajstić information content (AvgIpc) is 2.72. The second-order valence-electron chi connectivity index (χ2n) is 6.26. The molecule has 0 amide bonds. The lowest BCUT2D eigenvalue weighted by Crippen LogP contribution is -2.28. The number of Topliss-reactive ketones (excluding diaryl/α,β-unsaturated/α-hetero) is 1. The van der Waals surface area contributed by atoms with Crippen molar-refractivity contribution in [3.8, 4) is 0 Å². The second-order valence-corrected chi connectivity index (χ2v) is 6.26. The number of ketones is 1. The number of ether oxygens (including phenoxy) is 1. The van der Waals surface area contributed by atoms with E-state index in [1.54, 1.807) is 0 Å². The fourth-order valence-corrected chi connectivity index (χ4v) is 3.49. The van der Waals surface area contributed by atoms with Crippen molar-refractivity contribution in [1.82, 2.24) is 0 Å². The predicted octanol–water partition coefficient (Wildman–Crippen LogP) is 4.01. The van der Waals surface area contributed by atoms with Crippen LogP contribution in [0.2, 0.25) is 0 Å². The average molecular weight is 282 g/mol. The van der Waals surface area contributed by atoms with Gasteiger partial charge in [0.25, 0.3) is 0 Å². The number of fused-ring (bicyclic) bond motifs is 1. The molecule has 2 heteroatoms. The minimum atomic E-state index is 0.0199. The Hall–Kier alpha value is -1.67. The summed E-state index contributed by atoms with van der Waals surface area (Å²) < 4.78 is 5.79. The molecule has 3 rings (SSSR count). The van der Waals surface area contributed by atoms with Crippen molar-refractivity contribution in [3.05, 3.63) is 48.0 Å². The molecular formula is C19H22O2. The van der Waals surface area contributed by atoms with Crippen LogP contribution in [0.15, 0.2) is 42.5 Å². The lowest BCUT2D eigenvalue weighted by molar-refractivity contribution is -0.124. The van der Waals surface area contributed by atoms with Gasteiger partial charge in [0.15, 0.2) is 0 Å². The number of benzene rings is 2. The van der Waals surface area contributed by atoms with Gasteiger partial charge >= 0.3 is 0 Å². The van der Waals surface area contributed by atoms with Gasteiger partial charge in [-0.25, -0.2) is 0 Å². The maximum Gasteiger partial charge on any atom is 0.143 e. The van der Waals surface area contributed by atoms with Gasteiger partial charge in [-0.15, -0.1) is 0 Å². The summed E-state index contributed by atoms with van der Waals surface area (Å²) in [4.78, 5) is 12.6. The standard InChI is InChI=1S/C19H22O2/c1-12-13(2)21-14(3)19(12)18(20)11-15-8-9-16-6-4-5-7-17(16)10-15/h4-10,12-14,19H,11H2,1-3H3. The van der Waals surface area contributed by atoms with Crippen LogP contribution in [-0.2, 0) is 16.0 Å². The van der Waals surface area contributed by atoms with E-state index in [2.05, 4.69) is 44.2 Å². The largest absolute Gasteiger partial charge is 0.375 e. The molecule has 1 saturated heterocycles. The van der Waals surface area contributed by atoms with Gasteiger partial charge in [-0.05, 0) is 36.1 Å². The summed E-state index contributed by atoms with van der Waals surface area (Å²) in [5.74, 6) is 0.619. The van der Waals surface area contributed by atoms with E-state index in [9.17, 15) is 4.79 Å². The molecule has 0 aromatic heterocycles. The molecule has 0 bridgehead atoms. The summed E-state index contributed by atoms with van der Waals surface area (Å²) in [6, 6.07) is 14.5. The van der Waals surface area contributed by atoms with Crippen LogP contribution in [0.1, 0.15) is 26.3 Å². The topological polar surface area (TPSA) is 26.3 Å². The second kappa shape index (κ2) is 5.61. The van der Waals surface area contributed by atoms with Crippen LogP contribution in [0.4, 0.5) is 0 Å². The Labute approximate surface area is 126 Å². The molecule has 4 atom stereocenters. The molecule has 0 N–H and O–H groups in total. The highest BCUT2D eigenvalue weighted by atomic mass is 16.5. The number of carbonyl (C=O) groups is 1. The fourth-order valence-electron chi connectivity index (χ4n) is 3.49. The van der Waals surface area contributed by atoms with Crippen molar-refractivity contribution in [1.29, 1.82) is 0 Å². The zero-order valence-corrected chi connectivity index (χ0v) is 12.9. The van der Waals surface area contributed by atoms with Crippen LogP contribution >= 0.6 is 0 Å². The Morgan fingerprint density at radius 1 is 1.00 bits per heavy atom. The molecule has 21 heavy (non-hydrogen) atoms. The third-order valence-corrected chi connectivity index (χ3v) is 4.81. The SMILES string of the molecule is CC1OC(C)C(C(=O)Cc2ccc3ccccc3c2)C1C. The molecule has 0 spiro atoms. The molecule has 0 saturated carbocycles. The molecule has 2 aromatic rings. The van der Waals surface area contributed by atoms with Crippen molar-refractivity contribution < 1.29 is 9.53 Å². The summed E-state index contributed by atoms with van der Waals surface area (Å²) in [6.45, 7) is 6.20. The monoisotopic (exact) mass is 282 g/mol. The first-order valence-electron chi connectivity index (χ1n) is 7.72. The number of carbonyl (C=O) groups excluding carboxylic acids is 1. The van der Waals surface area contributed by atoms with Gasteiger partial charge in [0.2, 0.25) is 0 Å². The maximum absolute atomic E-state index is 12.6. The van der Waals surface area contributed by atoms with Crippen molar-refractivity contribution in [3.63, 3.8) is 0 Å². The molecule has 1 aliphatic rings. The molecule has 0 aliphatic carbocycles. The van der Waals surface area contributed by atoms with Crippen molar-refractivity contribution in [2.75, 3.05) is 0 Å². The highest BCUT2D eigenvalue weighted by molar-refractivity contribution is 5.87. The van der Waals surface area contributed by atoms with Gasteiger partial charge in [-0.2, -0.15) is 0 Å². The summed E-state index contributed by atoms with van der Waals surface area (Å²) in [5.41, 5.74) is 1.10. The Kier molecular flexibility index (Phi) is 3.81. The third kappa shape index (κ3) is 2.73. The van der Waals surface area contributed by atoms with Gasteiger partial charge in [-0.3, -0.25) is 4.79 Å². The van der Waals surface area contributed by atoms with E-state index in [0.29, 0.717) is 18.1 Å². The van der Waals surface area contributed by atoms with E-state index >= 15 is 0 Å². The Bertz CT molecular complexity index is 661. The van der Waals surface area contributed by atoms with Gasteiger partial charge in [0, 0.05) is 12.3 Å². The van der Waals surface area contributed by atoms with E-state index in [-0.39, 0.29) is 18.1 Å². The predicted molar refractivity (Wildman–Crippen MR) is 85.3 cm³/mol. The molecule has 1 aliphatic heterocycles. The van der Waals surface area contributed by atoms with Crippen molar-refractivity contribution in [2.24, 2.45) is 11.8 Å². The minimum Gasteiger partial charge on any atom is -0.375 e. The molecular weight excluding hydrogens is 260 g/mol. The van der Waals surface area contributed by atoms with Crippen LogP contribution in [-0.4, -0.2) is 18.0 Å². The van der Waals surface area contributed by atoms with Gasteiger partial charge in [0.1, 0.15) is 5.78 Å². The number of hydrogen-bond donors (Lipinski definition) is 0.